The number of amides is 1. The lowest BCUT2D eigenvalue weighted by Gasteiger charge is -2.08. The van der Waals surface area contributed by atoms with Crippen molar-refractivity contribution in [2.75, 3.05) is 5.32 Å². The average Bonchev–Trinajstić information content (AvgIpc) is 2.54. The van der Waals surface area contributed by atoms with Gasteiger partial charge in [0.05, 0.1) is 11.3 Å². The van der Waals surface area contributed by atoms with Gasteiger partial charge in [-0.15, -0.1) is 11.8 Å². The highest BCUT2D eigenvalue weighted by Crippen LogP contribution is 2.31. The number of fused-ring (bicyclic) bond motifs is 1. The molecule has 16 heavy (non-hydrogen) atoms. The molecule has 1 unspecified atom stereocenters. The molecule has 84 valence electrons. The number of carbonyl (C=O) groups excluding carboxylic acids is 2. The van der Waals surface area contributed by atoms with Crippen LogP contribution in [0.25, 0.3) is 0 Å². The van der Waals surface area contributed by atoms with Gasteiger partial charge in [0.2, 0.25) is 0 Å². The summed E-state index contributed by atoms with van der Waals surface area (Å²) in [5, 5.41) is 3.11. The molecule has 1 aliphatic rings. The van der Waals surface area contributed by atoms with Crippen molar-refractivity contribution in [1.82, 2.24) is 0 Å². The van der Waals surface area contributed by atoms with Gasteiger partial charge in [0.25, 0.3) is 11.7 Å². The minimum Gasteiger partial charge on any atom is -0.318 e. The first kappa shape index (κ1) is 11.2. The van der Waals surface area contributed by atoms with Gasteiger partial charge in [-0.3, -0.25) is 9.59 Å². The van der Waals surface area contributed by atoms with Gasteiger partial charge in [0.1, 0.15) is 0 Å². The predicted molar refractivity (Wildman–Crippen MR) is 65.0 cm³/mol. The second-order valence-corrected chi connectivity index (χ2v) is 5.34. The topological polar surface area (TPSA) is 46.2 Å². The van der Waals surface area contributed by atoms with Crippen LogP contribution in [0.1, 0.15) is 30.6 Å². The van der Waals surface area contributed by atoms with Gasteiger partial charge in [0, 0.05) is 10.1 Å². The van der Waals surface area contributed by atoms with E-state index >= 15 is 0 Å². The zero-order valence-electron chi connectivity index (χ0n) is 9.24. The van der Waals surface area contributed by atoms with E-state index in [-0.39, 0.29) is 0 Å². The maximum Gasteiger partial charge on any atom is 0.296 e. The maximum atomic E-state index is 11.4. The molecule has 0 radical (unpaired) electrons. The van der Waals surface area contributed by atoms with Crippen LogP contribution in [-0.2, 0) is 4.79 Å². The van der Waals surface area contributed by atoms with E-state index in [1.54, 1.807) is 17.8 Å². The zero-order valence-corrected chi connectivity index (χ0v) is 10.1. The Morgan fingerprint density at radius 3 is 2.81 bits per heavy atom. The van der Waals surface area contributed by atoms with Crippen LogP contribution in [0, 0.1) is 0 Å². The Labute approximate surface area is 98.6 Å². The van der Waals surface area contributed by atoms with Gasteiger partial charge in [-0.2, -0.15) is 0 Å². The highest BCUT2D eigenvalue weighted by atomic mass is 32.2. The van der Waals surface area contributed by atoms with Crippen molar-refractivity contribution in [1.29, 1.82) is 0 Å². The molecule has 1 N–H and O–H groups in total. The summed E-state index contributed by atoms with van der Waals surface area (Å²) in [6.07, 6.45) is 1.09. The Kier molecular flexibility index (Phi) is 3.01. The number of carbonyl (C=O) groups is 2. The summed E-state index contributed by atoms with van der Waals surface area (Å²) in [6, 6.07) is 5.49. The van der Waals surface area contributed by atoms with Gasteiger partial charge >= 0.3 is 0 Å². The number of hydrogen-bond donors (Lipinski definition) is 1. The number of nitrogens with one attached hydrogen (secondary N) is 1. The lowest BCUT2D eigenvalue weighted by atomic mass is 10.1. The lowest BCUT2D eigenvalue weighted by Crippen LogP contribution is -2.12. The average molecular weight is 235 g/mol. The Morgan fingerprint density at radius 2 is 2.12 bits per heavy atom. The van der Waals surface area contributed by atoms with Crippen molar-refractivity contribution in [3.05, 3.63) is 23.8 Å². The molecule has 3 nitrogen and oxygen atoms in total. The summed E-state index contributed by atoms with van der Waals surface area (Å²) in [5.74, 6) is -0.962. The molecular formula is C12H13NO2S. The van der Waals surface area contributed by atoms with E-state index < -0.39 is 11.7 Å². The second kappa shape index (κ2) is 4.29. The quantitative estimate of drug-likeness (QED) is 0.647. The van der Waals surface area contributed by atoms with Crippen LogP contribution in [0.4, 0.5) is 5.69 Å². The Hall–Kier alpha value is -1.29. The number of hydrogen-bond acceptors (Lipinski definition) is 3. The van der Waals surface area contributed by atoms with E-state index in [1.807, 2.05) is 12.1 Å². The summed E-state index contributed by atoms with van der Waals surface area (Å²) in [5.41, 5.74) is 1.13. The fraction of sp³-hybridized carbons (Fsp3) is 0.333. The molecule has 1 aliphatic heterocycles. The third-order valence-corrected chi connectivity index (χ3v) is 3.86. The first-order valence-electron chi connectivity index (χ1n) is 5.28. The predicted octanol–water partition coefficient (Wildman–Crippen LogP) is 2.71. The van der Waals surface area contributed by atoms with Crippen molar-refractivity contribution in [2.24, 2.45) is 0 Å². The number of rotatable bonds is 3. The molecule has 1 aromatic rings. The van der Waals surface area contributed by atoms with Crippen molar-refractivity contribution >= 4 is 29.1 Å². The van der Waals surface area contributed by atoms with Gasteiger partial charge in [-0.25, -0.2) is 0 Å². The molecule has 0 aromatic heterocycles. The molecule has 2 rings (SSSR count). The third kappa shape index (κ3) is 1.97. The molecule has 1 aromatic carbocycles. The van der Waals surface area contributed by atoms with Crippen LogP contribution < -0.4 is 5.32 Å². The first-order chi connectivity index (χ1) is 7.61. The number of thioether (sulfide) groups is 1. The monoisotopic (exact) mass is 235 g/mol. The van der Waals surface area contributed by atoms with Crippen LogP contribution in [0.15, 0.2) is 23.1 Å². The van der Waals surface area contributed by atoms with Gasteiger partial charge in [-0.1, -0.05) is 13.8 Å². The number of anilines is 1. The summed E-state index contributed by atoms with van der Waals surface area (Å²) < 4.78 is 0. The van der Waals surface area contributed by atoms with Crippen LogP contribution in [-0.4, -0.2) is 16.9 Å². The maximum absolute atomic E-state index is 11.4. The van der Waals surface area contributed by atoms with Crippen molar-refractivity contribution in [3.8, 4) is 0 Å². The van der Waals surface area contributed by atoms with Crippen LogP contribution in [0.2, 0.25) is 0 Å². The fourth-order valence-electron chi connectivity index (χ4n) is 1.52. The van der Waals surface area contributed by atoms with E-state index in [9.17, 15) is 9.59 Å². The molecule has 0 spiro atoms. The first-order valence-corrected chi connectivity index (χ1v) is 6.16. The van der Waals surface area contributed by atoms with Crippen LogP contribution in [0.3, 0.4) is 0 Å². The third-order valence-electron chi connectivity index (χ3n) is 2.60. The molecule has 0 fully saturated rings. The van der Waals surface area contributed by atoms with Crippen molar-refractivity contribution in [3.63, 3.8) is 0 Å². The summed E-state index contributed by atoms with van der Waals surface area (Å²) in [7, 11) is 0. The van der Waals surface area contributed by atoms with E-state index in [4.69, 9.17) is 0 Å². The highest BCUT2D eigenvalue weighted by Gasteiger charge is 2.27. The molecule has 0 aliphatic carbocycles. The molecule has 1 amide bonds. The minimum atomic E-state index is -0.527. The van der Waals surface area contributed by atoms with Crippen LogP contribution in [0.5, 0.6) is 0 Å². The Morgan fingerprint density at radius 1 is 1.38 bits per heavy atom. The summed E-state index contributed by atoms with van der Waals surface area (Å²) >= 11 is 1.75. The SMILES string of the molecule is CCC(C)Sc1ccc2c(c1)NC(=O)C2=O. The zero-order chi connectivity index (χ0) is 11.7. The van der Waals surface area contributed by atoms with Gasteiger partial charge in [0.15, 0.2) is 0 Å². The summed E-state index contributed by atoms with van der Waals surface area (Å²) in [4.78, 5) is 23.6. The largest absolute Gasteiger partial charge is 0.318 e. The number of ketones is 1. The standard InChI is InChI=1S/C12H13NO2S/c1-3-7(2)16-8-4-5-9-10(6-8)13-12(15)11(9)14/h4-7H,3H2,1-2H3,(H,13,14,15). The lowest BCUT2D eigenvalue weighted by molar-refractivity contribution is -0.112. The minimum absolute atomic E-state index is 0.435. The molecule has 1 heterocycles. The number of benzene rings is 1. The molecular weight excluding hydrogens is 222 g/mol. The smallest absolute Gasteiger partial charge is 0.296 e. The molecule has 4 heteroatoms. The van der Waals surface area contributed by atoms with Gasteiger partial charge in [-0.05, 0) is 24.6 Å². The Bertz CT molecular complexity index is 456. The molecule has 0 saturated carbocycles. The second-order valence-electron chi connectivity index (χ2n) is 3.83. The summed E-state index contributed by atoms with van der Waals surface area (Å²) in [6.45, 7) is 4.29. The Balaban J connectivity index is 2.25. The number of Topliss-reactive ketones (excluding diaryl/α,β-unsaturated/α-hetero) is 1. The normalized spacial score (nSPS) is 15.9. The van der Waals surface area contributed by atoms with E-state index in [0.717, 1.165) is 11.3 Å². The van der Waals surface area contributed by atoms with Crippen molar-refractivity contribution < 1.29 is 9.59 Å². The van der Waals surface area contributed by atoms with Crippen molar-refractivity contribution in [2.45, 2.75) is 30.4 Å². The molecule has 0 saturated heterocycles. The van der Waals surface area contributed by atoms with E-state index in [2.05, 4.69) is 19.2 Å². The van der Waals surface area contributed by atoms with Gasteiger partial charge < -0.3 is 5.32 Å². The van der Waals surface area contributed by atoms with E-state index in [1.165, 1.54) is 0 Å². The van der Waals surface area contributed by atoms with Crippen LogP contribution >= 0.6 is 11.8 Å². The van der Waals surface area contributed by atoms with E-state index in [0.29, 0.717) is 16.5 Å². The molecule has 0 bridgehead atoms. The fourth-order valence-corrected chi connectivity index (χ4v) is 2.48. The highest BCUT2D eigenvalue weighted by molar-refractivity contribution is 7.99. The molecule has 1 atom stereocenters.